The maximum absolute atomic E-state index is 14.1. The third-order valence-corrected chi connectivity index (χ3v) is 7.66. The molecule has 2 fully saturated rings. The lowest BCUT2D eigenvalue weighted by Crippen LogP contribution is -2.66. The number of piperidine rings is 1. The molecule has 5 rings (SSSR count). The van der Waals surface area contributed by atoms with E-state index < -0.39 is 5.54 Å². The van der Waals surface area contributed by atoms with E-state index in [1.165, 1.54) is 11.1 Å². The molecule has 2 saturated heterocycles. The predicted octanol–water partition coefficient (Wildman–Crippen LogP) is 4.16. The van der Waals surface area contributed by atoms with E-state index in [2.05, 4.69) is 80.3 Å². The predicted molar refractivity (Wildman–Crippen MR) is 140 cm³/mol. The molecule has 0 saturated carbocycles. The van der Waals surface area contributed by atoms with Crippen LogP contribution in [0, 0.1) is 0 Å². The van der Waals surface area contributed by atoms with Gasteiger partial charge in [0.15, 0.2) is 0 Å². The first kappa shape index (κ1) is 23.9. The zero-order valence-corrected chi connectivity index (χ0v) is 20.6. The SMILES string of the molecule is O=C(c1ccccn1)C1(N2CCN(CCc3ccccc3)CC2)CCCN(Cc2ccccc2)C1. The number of carbonyl (C=O) groups is 1. The Kier molecular flexibility index (Phi) is 7.67. The molecule has 0 bridgehead atoms. The summed E-state index contributed by atoms with van der Waals surface area (Å²) in [7, 11) is 0. The molecule has 2 aliphatic rings. The van der Waals surface area contributed by atoms with Crippen molar-refractivity contribution in [2.24, 2.45) is 0 Å². The molecular formula is C30H36N4O. The topological polar surface area (TPSA) is 39.7 Å². The molecule has 0 radical (unpaired) electrons. The van der Waals surface area contributed by atoms with E-state index in [-0.39, 0.29) is 5.78 Å². The number of carbonyl (C=O) groups excluding carboxylic acids is 1. The summed E-state index contributed by atoms with van der Waals surface area (Å²) in [5.74, 6) is 0.189. The minimum atomic E-state index is -0.507. The summed E-state index contributed by atoms with van der Waals surface area (Å²) >= 11 is 0. The standard InChI is InChI=1S/C30H36N4O/c35-29(28-14-7-8-17-31-28)30(16-9-18-33(25-30)24-27-12-5-2-6-13-27)34-22-20-32(21-23-34)19-15-26-10-3-1-4-11-26/h1-8,10-14,17H,9,15-16,18-25H2. The average Bonchev–Trinajstić information content (AvgIpc) is 2.93. The van der Waals surface area contributed by atoms with E-state index in [0.717, 1.165) is 71.6 Å². The summed E-state index contributed by atoms with van der Waals surface area (Å²) in [6, 6.07) is 27.0. The Morgan fingerprint density at radius 3 is 2.14 bits per heavy atom. The highest BCUT2D eigenvalue weighted by Crippen LogP contribution is 2.33. The van der Waals surface area contributed by atoms with Gasteiger partial charge in [-0.15, -0.1) is 0 Å². The van der Waals surface area contributed by atoms with Gasteiger partial charge in [-0.05, 0) is 49.1 Å². The molecule has 3 heterocycles. The van der Waals surface area contributed by atoms with Crippen molar-refractivity contribution < 1.29 is 4.79 Å². The number of hydrogen-bond donors (Lipinski definition) is 0. The monoisotopic (exact) mass is 468 g/mol. The van der Waals surface area contributed by atoms with Crippen LogP contribution in [0.15, 0.2) is 85.1 Å². The van der Waals surface area contributed by atoms with Crippen LogP contribution in [-0.4, -0.2) is 76.8 Å². The minimum absolute atomic E-state index is 0.189. The van der Waals surface area contributed by atoms with Gasteiger partial charge < -0.3 is 4.90 Å². The number of likely N-dealkylation sites (tertiary alicyclic amines) is 1. The van der Waals surface area contributed by atoms with Gasteiger partial charge in [0.05, 0.1) is 5.54 Å². The van der Waals surface area contributed by atoms with Gasteiger partial charge in [0.25, 0.3) is 0 Å². The second-order valence-corrected chi connectivity index (χ2v) is 9.94. The average molecular weight is 469 g/mol. The van der Waals surface area contributed by atoms with E-state index in [0.29, 0.717) is 5.69 Å². The van der Waals surface area contributed by atoms with Crippen LogP contribution >= 0.6 is 0 Å². The molecule has 0 amide bonds. The molecule has 1 aromatic heterocycles. The zero-order chi connectivity index (χ0) is 23.9. The van der Waals surface area contributed by atoms with Gasteiger partial charge in [-0.3, -0.25) is 19.6 Å². The summed E-state index contributed by atoms with van der Waals surface area (Å²) in [6.07, 6.45) is 4.74. The lowest BCUT2D eigenvalue weighted by atomic mass is 9.80. The highest BCUT2D eigenvalue weighted by atomic mass is 16.1. The lowest BCUT2D eigenvalue weighted by Gasteiger charge is -2.51. The quantitative estimate of drug-likeness (QED) is 0.464. The Hall–Kier alpha value is -2.86. The van der Waals surface area contributed by atoms with Crippen molar-refractivity contribution in [2.45, 2.75) is 31.3 Å². The van der Waals surface area contributed by atoms with Crippen molar-refractivity contribution in [2.75, 3.05) is 45.8 Å². The molecule has 35 heavy (non-hydrogen) atoms. The summed E-state index contributed by atoms with van der Waals surface area (Å²) < 4.78 is 0. The van der Waals surface area contributed by atoms with Gasteiger partial charge in [-0.25, -0.2) is 0 Å². The van der Waals surface area contributed by atoms with E-state index in [4.69, 9.17) is 0 Å². The first-order valence-corrected chi connectivity index (χ1v) is 13.0. The molecular weight excluding hydrogens is 432 g/mol. The largest absolute Gasteiger partial charge is 0.300 e. The number of ketones is 1. The van der Waals surface area contributed by atoms with Crippen LogP contribution in [0.25, 0.3) is 0 Å². The Balaban J connectivity index is 1.31. The van der Waals surface area contributed by atoms with E-state index in [9.17, 15) is 4.79 Å². The summed E-state index contributed by atoms with van der Waals surface area (Å²) in [5, 5.41) is 0. The number of aromatic nitrogens is 1. The number of nitrogens with zero attached hydrogens (tertiary/aromatic N) is 4. The molecule has 182 valence electrons. The van der Waals surface area contributed by atoms with Crippen LogP contribution < -0.4 is 0 Å². The number of piperazine rings is 1. The van der Waals surface area contributed by atoms with Crippen LogP contribution in [0.2, 0.25) is 0 Å². The fourth-order valence-corrected chi connectivity index (χ4v) is 5.75. The van der Waals surface area contributed by atoms with Crippen molar-refractivity contribution in [3.63, 3.8) is 0 Å². The van der Waals surface area contributed by atoms with Crippen LogP contribution in [0.3, 0.4) is 0 Å². The number of benzene rings is 2. The minimum Gasteiger partial charge on any atom is -0.300 e. The second kappa shape index (κ2) is 11.3. The van der Waals surface area contributed by atoms with Crippen molar-refractivity contribution in [1.29, 1.82) is 0 Å². The van der Waals surface area contributed by atoms with Crippen molar-refractivity contribution in [3.8, 4) is 0 Å². The van der Waals surface area contributed by atoms with E-state index >= 15 is 0 Å². The maximum atomic E-state index is 14.1. The summed E-state index contributed by atoms with van der Waals surface area (Å²) in [6.45, 7) is 7.60. The molecule has 5 heteroatoms. The van der Waals surface area contributed by atoms with Crippen LogP contribution in [0.1, 0.15) is 34.5 Å². The molecule has 2 aliphatic heterocycles. The van der Waals surface area contributed by atoms with Crippen LogP contribution in [0.5, 0.6) is 0 Å². The molecule has 2 aromatic carbocycles. The fourth-order valence-electron chi connectivity index (χ4n) is 5.75. The Labute approximate surface area is 209 Å². The maximum Gasteiger partial charge on any atom is 0.202 e. The highest BCUT2D eigenvalue weighted by molar-refractivity contribution is 6.02. The summed E-state index contributed by atoms with van der Waals surface area (Å²) in [4.78, 5) is 26.1. The second-order valence-electron chi connectivity index (χ2n) is 9.94. The van der Waals surface area contributed by atoms with E-state index in [1.54, 1.807) is 6.20 Å². The number of rotatable bonds is 8. The van der Waals surface area contributed by atoms with Crippen LogP contribution in [0.4, 0.5) is 0 Å². The van der Waals surface area contributed by atoms with Crippen molar-refractivity contribution in [3.05, 3.63) is 102 Å². The summed E-state index contributed by atoms with van der Waals surface area (Å²) in [5.41, 5.74) is 2.79. The third-order valence-electron chi connectivity index (χ3n) is 7.66. The van der Waals surface area contributed by atoms with Crippen molar-refractivity contribution in [1.82, 2.24) is 19.7 Å². The Morgan fingerprint density at radius 2 is 1.46 bits per heavy atom. The van der Waals surface area contributed by atoms with Gasteiger partial charge in [-0.1, -0.05) is 66.7 Å². The molecule has 1 unspecified atom stereocenters. The molecule has 3 aromatic rings. The van der Waals surface area contributed by atoms with Gasteiger partial charge >= 0.3 is 0 Å². The smallest absolute Gasteiger partial charge is 0.202 e. The Morgan fingerprint density at radius 1 is 0.771 bits per heavy atom. The van der Waals surface area contributed by atoms with E-state index in [1.807, 2.05) is 18.2 Å². The van der Waals surface area contributed by atoms with Gasteiger partial charge in [0.1, 0.15) is 5.69 Å². The third kappa shape index (κ3) is 5.69. The fraction of sp³-hybridized carbons (Fsp3) is 0.400. The molecule has 0 N–H and O–H groups in total. The number of Topliss-reactive ketones (excluding diaryl/α,β-unsaturated/α-hetero) is 1. The molecule has 0 aliphatic carbocycles. The first-order valence-electron chi connectivity index (χ1n) is 13.0. The van der Waals surface area contributed by atoms with Crippen LogP contribution in [-0.2, 0) is 13.0 Å². The van der Waals surface area contributed by atoms with Gasteiger partial charge in [-0.2, -0.15) is 0 Å². The lowest BCUT2D eigenvalue weighted by molar-refractivity contribution is -0.00930. The number of pyridine rings is 1. The first-order chi connectivity index (χ1) is 17.2. The normalized spacial score (nSPS) is 22.2. The van der Waals surface area contributed by atoms with Gasteiger partial charge in [0.2, 0.25) is 5.78 Å². The van der Waals surface area contributed by atoms with Gasteiger partial charge in [0, 0.05) is 52.0 Å². The molecule has 0 spiro atoms. The number of hydrogen-bond acceptors (Lipinski definition) is 5. The Bertz CT molecular complexity index is 1070. The molecule has 1 atom stereocenters. The highest BCUT2D eigenvalue weighted by Gasteiger charge is 2.48. The zero-order valence-electron chi connectivity index (χ0n) is 20.6. The molecule has 5 nitrogen and oxygen atoms in total. The van der Waals surface area contributed by atoms with Crippen molar-refractivity contribution >= 4 is 5.78 Å².